The zero-order valence-electron chi connectivity index (χ0n) is 9.27. The van der Waals surface area contributed by atoms with Gasteiger partial charge in [-0.05, 0) is 31.4 Å². The first-order chi connectivity index (χ1) is 6.92. The molecule has 0 aromatic heterocycles. The maximum atomic E-state index is 9.47. The fourth-order valence-electron chi connectivity index (χ4n) is 1.54. The van der Waals surface area contributed by atoms with Gasteiger partial charge in [0, 0.05) is 5.54 Å². The van der Waals surface area contributed by atoms with E-state index < -0.39 is 6.10 Å². The summed E-state index contributed by atoms with van der Waals surface area (Å²) in [4.78, 5) is 0. The standard InChI is InChI=1S/C12H19NO2/c1-12(2,13)7-9-4-3-5-10(6-9)11(15)8-14/h3-6,11,14-15H,7-8,13H2,1-2H3. The molecule has 84 valence electrons. The molecule has 1 atom stereocenters. The monoisotopic (exact) mass is 209 g/mol. The van der Waals surface area contributed by atoms with E-state index in [9.17, 15) is 5.11 Å². The molecular weight excluding hydrogens is 190 g/mol. The predicted octanol–water partition coefficient (Wildman–Crippen LogP) is 0.992. The van der Waals surface area contributed by atoms with Crippen molar-refractivity contribution in [1.29, 1.82) is 0 Å². The summed E-state index contributed by atoms with van der Waals surface area (Å²) in [6.07, 6.45) is -0.0512. The number of rotatable bonds is 4. The Morgan fingerprint density at radius 3 is 2.60 bits per heavy atom. The van der Waals surface area contributed by atoms with E-state index in [2.05, 4.69) is 0 Å². The van der Waals surface area contributed by atoms with E-state index in [1.165, 1.54) is 0 Å². The lowest BCUT2D eigenvalue weighted by Crippen LogP contribution is -2.34. The second kappa shape index (κ2) is 4.75. The van der Waals surface area contributed by atoms with Gasteiger partial charge >= 0.3 is 0 Å². The Morgan fingerprint density at radius 1 is 1.40 bits per heavy atom. The second-order valence-corrected chi connectivity index (χ2v) is 4.61. The molecule has 0 aliphatic heterocycles. The van der Waals surface area contributed by atoms with Crippen LogP contribution in [0.2, 0.25) is 0 Å². The molecule has 0 heterocycles. The summed E-state index contributed by atoms with van der Waals surface area (Å²) in [5, 5.41) is 18.3. The zero-order chi connectivity index (χ0) is 11.5. The first-order valence-corrected chi connectivity index (χ1v) is 5.09. The van der Waals surface area contributed by atoms with E-state index in [4.69, 9.17) is 10.8 Å². The molecular formula is C12H19NO2. The van der Waals surface area contributed by atoms with Crippen LogP contribution in [-0.2, 0) is 6.42 Å². The summed E-state index contributed by atoms with van der Waals surface area (Å²) in [5.41, 5.74) is 7.46. The number of aliphatic hydroxyl groups is 2. The van der Waals surface area contributed by atoms with Crippen LogP contribution in [-0.4, -0.2) is 22.4 Å². The van der Waals surface area contributed by atoms with Crippen molar-refractivity contribution in [3.63, 3.8) is 0 Å². The lowest BCUT2D eigenvalue weighted by Gasteiger charge is -2.19. The Hall–Kier alpha value is -0.900. The van der Waals surface area contributed by atoms with Gasteiger partial charge in [-0.2, -0.15) is 0 Å². The van der Waals surface area contributed by atoms with Crippen LogP contribution in [0.15, 0.2) is 24.3 Å². The van der Waals surface area contributed by atoms with Crippen LogP contribution in [0.1, 0.15) is 31.1 Å². The van der Waals surface area contributed by atoms with Crippen molar-refractivity contribution in [3.8, 4) is 0 Å². The average molecular weight is 209 g/mol. The van der Waals surface area contributed by atoms with Gasteiger partial charge in [0.05, 0.1) is 6.61 Å². The summed E-state index contributed by atoms with van der Waals surface area (Å²) in [5.74, 6) is 0. The highest BCUT2D eigenvalue weighted by Gasteiger charge is 2.13. The largest absolute Gasteiger partial charge is 0.393 e. The lowest BCUT2D eigenvalue weighted by molar-refractivity contribution is 0.0955. The molecule has 0 saturated heterocycles. The third-order valence-electron chi connectivity index (χ3n) is 2.17. The van der Waals surface area contributed by atoms with Gasteiger partial charge < -0.3 is 15.9 Å². The van der Waals surface area contributed by atoms with Crippen LogP contribution in [0.5, 0.6) is 0 Å². The fraction of sp³-hybridized carbons (Fsp3) is 0.500. The quantitative estimate of drug-likeness (QED) is 0.693. The van der Waals surface area contributed by atoms with E-state index in [1.54, 1.807) is 6.07 Å². The Kier molecular flexibility index (Phi) is 3.85. The van der Waals surface area contributed by atoms with Crippen molar-refractivity contribution >= 4 is 0 Å². The van der Waals surface area contributed by atoms with E-state index in [0.717, 1.165) is 17.5 Å². The number of aliphatic hydroxyl groups excluding tert-OH is 2. The van der Waals surface area contributed by atoms with Crippen molar-refractivity contribution in [3.05, 3.63) is 35.4 Å². The van der Waals surface area contributed by atoms with E-state index in [0.29, 0.717) is 0 Å². The smallest absolute Gasteiger partial charge is 0.102 e. The Labute approximate surface area is 90.5 Å². The third-order valence-corrected chi connectivity index (χ3v) is 2.17. The van der Waals surface area contributed by atoms with Crippen molar-refractivity contribution in [2.45, 2.75) is 31.9 Å². The first-order valence-electron chi connectivity index (χ1n) is 5.09. The molecule has 1 aromatic rings. The van der Waals surface area contributed by atoms with Crippen LogP contribution in [0.25, 0.3) is 0 Å². The SMILES string of the molecule is CC(C)(N)Cc1cccc(C(O)CO)c1. The molecule has 3 heteroatoms. The highest BCUT2D eigenvalue weighted by atomic mass is 16.3. The summed E-state index contributed by atoms with van der Waals surface area (Å²) in [6, 6.07) is 7.53. The van der Waals surface area contributed by atoms with Crippen molar-refractivity contribution in [2.75, 3.05) is 6.61 Å². The molecule has 15 heavy (non-hydrogen) atoms. The van der Waals surface area contributed by atoms with Crippen LogP contribution in [0, 0.1) is 0 Å². The van der Waals surface area contributed by atoms with Gasteiger partial charge in [0.2, 0.25) is 0 Å². The summed E-state index contributed by atoms with van der Waals surface area (Å²) in [6.45, 7) is 3.67. The maximum absolute atomic E-state index is 9.47. The van der Waals surface area contributed by atoms with Gasteiger partial charge in [-0.25, -0.2) is 0 Å². The van der Waals surface area contributed by atoms with Gasteiger partial charge in [0.1, 0.15) is 6.10 Å². The molecule has 4 N–H and O–H groups in total. The van der Waals surface area contributed by atoms with Crippen molar-refractivity contribution in [1.82, 2.24) is 0 Å². The highest BCUT2D eigenvalue weighted by Crippen LogP contribution is 2.16. The molecule has 0 radical (unpaired) electrons. The van der Waals surface area contributed by atoms with Crippen molar-refractivity contribution < 1.29 is 10.2 Å². The van der Waals surface area contributed by atoms with E-state index in [-0.39, 0.29) is 12.1 Å². The Morgan fingerprint density at radius 2 is 2.07 bits per heavy atom. The first kappa shape index (κ1) is 12.2. The number of hydrogen-bond donors (Lipinski definition) is 3. The summed E-state index contributed by atoms with van der Waals surface area (Å²) >= 11 is 0. The summed E-state index contributed by atoms with van der Waals surface area (Å²) < 4.78 is 0. The Bertz CT molecular complexity index is 318. The van der Waals surface area contributed by atoms with Crippen LogP contribution in [0.3, 0.4) is 0 Å². The topological polar surface area (TPSA) is 66.5 Å². The molecule has 0 aliphatic carbocycles. The fourth-order valence-corrected chi connectivity index (χ4v) is 1.54. The number of hydrogen-bond acceptors (Lipinski definition) is 3. The van der Waals surface area contributed by atoms with Gasteiger partial charge in [-0.3, -0.25) is 0 Å². The molecule has 0 bridgehead atoms. The molecule has 0 aliphatic rings. The molecule has 1 rings (SSSR count). The van der Waals surface area contributed by atoms with Crippen LogP contribution in [0.4, 0.5) is 0 Å². The minimum Gasteiger partial charge on any atom is -0.393 e. The van der Waals surface area contributed by atoms with Gasteiger partial charge in [0.25, 0.3) is 0 Å². The lowest BCUT2D eigenvalue weighted by atomic mass is 9.94. The maximum Gasteiger partial charge on any atom is 0.102 e. The molecule has 0 fully saturated rings. The number of nitrogens with two attached hydrogens (primary N) is 1. The van der Waals surface area contributed by atoms with Crippen molar-refractivity contribution in [2.24, 2.45) is 5.73 Å². The Balaban J connectivity index is 2.83. The minimum atomic E-state index is -0.800. The molecule has 0 spiro atoms. The second-order valence-electron chi connectivity index (χ2n) is 4.61. The predicted molar refractivity (Wildman–Crippen MR) is 60.5 cm³/mol. The molecule has 0 amide bonds. The van der Waals surface area contributed by atoms with E-state index in [1.807, 2.05) is 32.0 Å². The molecule has 0 saturated carbocycles. The van der Waals surface area contributed by atoms with Gasteiger partial charge in [-0.15, -0.1) is 0 Å². The normalized spacial score (nSPS) is 13.9. The minimum absolute atomic E-state index is 0.254. The van der Waals surface area contributed by atoms with Crippen LogP contribution < -0.4 is 5.73 Å². The summed E-state index contributed by atoms with van der Waals surface area (Å²) in [7, 11) is 0. The van der Waals surface area contributed by atoms with E-state index >= 15 is 0 Å². The molecule has 1 aromatic carbocycles. The van der Waals surface area contributed by atoms with Gasteiger partial charge in [-0.1, -0.05) is 24.3 Å². The zero-order valence-corrected chi connectivity index (χ0v) is 9.27. The molecule has 1 unspecified atom stereocenters. The average Bonchev–Trinajstić information content (AvgIpc) is 2.14. The number of benzene rings is 1. The highest BCUT2D eigenvalue weighted by molar-refractivity contribution is 5.26. The van der Waals surface area contributed by atoms with Crippen LogP contribution >= 0.6 is 0 Å². The molecule has 3 nitrogen and oxygen atoms in total. The van der Waals surface area contributed by atoms with Gasteiger partial charge in [0.15, 0.2) is 0 Å². The third kappa shape index (κ3) is 4.00.